The first-order valence-corrected chi connectivity index (χ1v) is 7.36. The van der Waals surface area contributed by atoms with Crippen molar-refractivity contribution >= 4 is 11.6 Å². The number of hydrogen-bond donors (Lipinski definition) is 0. The summed E-state index contributed by atoms with van der Waals surface area (Å²) < 4.78 is 67.2. The molecule has 1 heterocycles. The maximum atomic E-state index is 13.7. The minimum atomic E-state index is -4.79. The maximum Gasteiger partial charge on any atom is 0.573 e. The molecule has 0 unspecified atom stereocenters. The van der Waals surface area contributed by atoms with Crippen LogP contribution >= 0.6 is 0 Å². The van der Waals surface area contributed by atoms with Gasteiger partial charge >= 0.3 is 6.36 Å². The van der Waals surface area contributed by atoms with E-state index in [0.29, 0.717) is 5.56 Å². The lowest BCUT2D eigenvalue weighted by molar-refractivity contribution is -0.274. The molecular weight excluding hydrogens is 345 g/mol. The number of halogens is 5. The monoisotopic (exact) mass is 357 g/mol. The first-order valence-electron chi connectivity index (χ1n) is 7.36. The summed E-state index contributed by atoms with van der Waals surface area (Å²) in [6.45, 7) is 0.226. The van der Waals surface area contributed by atoms with Crippen molar-refractivity contribution in [2.75, 3.05) is 11.4 Å². The van der Waals surface area contributed by atoms with E-state index in [1.165, 1.54) is 17.0 Å². The molecule has 0 fully saturated rings. The van der Waals surface area contributed by atoms with E-state index in [-0.39, 0.29) is 36.4 Å². The largest absolute Gasteiger partial charge is 0.573 e. The number of ether oxygens (including phenoxy) is 1. The quantitative estimate of drug-likeness (QED) is 0.778. The Bertz CT molecular complexity index is 802. The number of hydrogen-bond acceptors (Lipinski definition) is 2. The van der Waals surface area contributed by atoms with Crippen molar-refractivity contribution in [3.05, 3.63) is 59.2 Å². The van der Waals surface area contributed by atoms with Gasteiger partial charge in [-0.1, -0.05) is 12.1 Å². The molecule has 2 aromatic rings. The molecule has 0 radical (unpaired) electrons. The zero-order valence-corrected chi connectivity index (χ0v) is 12.7. The number of carbonyl (C=O) groups excluding carboxylic acids is 1. The number of amides is 1. The Kier molecular flexibility index (Phi) is 4.36. The third-order valence-electron chi connectivity index (χ3n) is 3.83. The number of anilines is 1. The number of carbonyl (C=O) groups is 1. The highest BCUT2D eigenvalue weighted by molar-refractivity contribution is 5.96. The lowest BCUT2D eigenvalue weighted by Crippen LogP contribution is -2.30. The van der Waals surface area contributed by atoms with Crippen molar-refractivity contribution in [3.63, 3.8) is 0 Å². The van der Waals surface area contributed by atoms with Crippen LogP contribution < -0.4 is 9.64 Å². The highest BCUT2D eigenvalue weighted by Crippen LogP contribution is 2.32. The van der Waals surface area contributed by atoms with Crippen LogP contribution in [0.15, 0.2) is 36.4 Å². The third-order valence-corrected chi connectivity index (χ3v) is 3.83. The standard InChI is InChI=1S/C17H12F5NO2/c18-11-8-14(19)13-5-6-23(15(13)9-11)16(24)7-10-1-3-12(4-2-10)25-17(20,21)22/h1-4,8-9H,5-7H2. The van der Waals surface area contributed by atoms with Crippen molar-refractivity contribution in [3.8, 4) is 5.75 Å². The van der Waals surface area contributed by atoms with Gasteiger partial charge in [0.25, 0.3) is 0 Å². The first kappa shape index (κ1) is 17.2. The Hall–Kier alpha value is -2.64. The molecular formula is C17H12F5NO2. The fourth-order valence-electron chi connectivity index (χ4n) is 2.76. The molecule has 2 aromatic carbocycles. The van der Waals surface area contributed by atoms with Gasteiger partial charge in [-0.05, 0) is 30.2 Å². The summed E-state index contributed by atoms with van der Waals surface area (Å²) in [5.41, 5.74) is 0.938. The van der Waals surface area contributed by atoms with Crippen LogP contribution in [-0.4, -0.2) is 18.8 Å². The molecule has 3 nitrogen and oxygen atoms in total. The molecule has 0 saturated carbocycles. The summed E-state index contributed by atoms with van der Waals surface area (Å²) in [5, 5.41) is 0. The van der Waals surface area contributed by atoms with E-state index < -0.39 is 23.9 Å². The van der Waals surface area contributed by atoms with Crippen molar-refractivity contribution in [2.45, 2.75) is 19.2 Å². The van der Waals surface area contributed by atoms with E-state index in [1.807, 2.05) is 0 Å². The SMILES string of the molecule is O=C(Cc1ccc(OC(F)(F)F)cc1)N1CCc2c(F)cc(F)cc21. The van der Waals surface area contributed by atoms with Crippen molar-refractivity contribution in [1.29, 1.82) is 0 Å². The molecule has 132 valence electrons. The van der Waals surface area contributed by atoms with Crippen LogP contribution in [-0.2, 0) is 17.6 Å². The molecule has 0 spiro atoms. The summed E-state index contributed by atoms with van der Waals surface area (Å²) in [6, 6.07) is 6.75. The molecule has 0 N–H and O–H groups in total. The average Bonchev–Trinajstić information content (AvgIpc) is 2.92. The lowest BCUT2D eigenvalue weighted by Gasteiger charge is -2.17. The molecule has 0 bridgehead atoms. The van der Waals surface area contributed by atoms with Gasteiger partial charge in [-0.3, -0.25) is 4.79 Å². The predicted octanol–water partition coefficient (Wildman–Crippen LogP) is 4.00. The van der Waals surface area contributed by atoms with Crippen LogP contribution in [0.4, 0.5) is 27.6 Å². The van der Waals surface area contributed by atoms with E-state index in [0.717, 1.165) is 24.3 Å². The van der Waals surface area contributed by atoms with Gasteiger partial charge in [0.1, 0.15) is 17.4 Å². The minimum Gasteiger partial charge on any atom is -0.406 e. The third kappa shape index (κ3) is 3.89. The minimum absolute atomic E-state index is 0.107. The van der Waals surface area contributed by atoms with Crippen LogP contribution in [0, 0.1) is 11.6 Å². The number of benzene rings is 2. The van der Waals surface area contributed by atoms with Gasteiger partial charge in [0.05, 0.1) is 12.1 Å². The summed E-state index contributed by atoms with van der Waals surface area (Å²) in [6.07, 6.45) is -4.61. The molecule has 3 rings (SSSR count). The van der Waals surface area contributed by atoms with Crippen LogP contribution in [0.5, 0.6) is 5.75 Å². The van der Waals surface area contributed by atoms with Gasteiger partial charge in [-0.25, -0.2) is 8.78 Å². The van der Waals surface area contributed by atoms with Gasteiger partial charge in [0.15, 0.2) is 0 Å². The number of rotatable bonds is 3. The Balaban J connectivity index is 1.72. The van der Waals surface area contributed by atoms with Crippen LogP contribution in [0.1, 0.15) is 11.1 Å². The molecule has 0 aromatic heterocycles. The topological polar surface area (TPSA) is 29.5 Å². The van der Waals surface area contributed by atoms with Crippen LogP contribution in [0.25, 0.3) is 0 Å². The van der Waals surface area contributed by atoms with Crippen LogP contribution in [0.3, 0.4) is 0 Å². The lowest BCUT2D eigenvalue weighted by atomic mass is 10.1. The number of fused-ring (bicyclic) bond motifs is 1. The molecule has 8 heteroatoms. The Labute approximate surface area is 139 Å². The average molecular weight is 357 g/mol. The molecule has 0 saturated heterocycles. The Morgan fingerprint density at radius 3 is 2.44 bits per heavy atom. The number of alkyl halides is 3. The van der Waals surface area contributed by atoms with E-state index >= 15 is 0 Å². The Morgan fingerprint density at radius 2 is 1.80 bits per heavy atom. The van der Waals surface area contributed by atoms with Crippen molar-refractivity contribution in [1.82, 2.24) is 0 Å². The second kappa shape index (κ2) is 6.34. The normalized spacial score (nSPS) is 13.7. The van der Waals surface area contributed by atoms with Gasteiger partial charge in [0.2, 0.25) is 5.91 Å². The summed E-state index contributed by atoms with van der Waals surface area (Å²) in [4.78, 5) is 13.7. The summed E-state index contributed by atoms with van der Waals surface area (Å²) in [7, 11) is 0. The van der Waals surface area contributed by atoms with E-state index in [1.54, 1.807) is 0 Å². The zero-order valence-electron chi connectivity index (χ0n) is 12.7. The summed E-state index contributed by atoms with van der Waals surface area (Å²) >= 11 is 0. The molecule has 0 atom stereocenters. The van der Waals surface area contributed by atoms with Crippen molar-refractivity contribution < 1.29 is 31.5 Å². The van der Waals surface area contributed by atoms with Gasteiger partial charge in [0, 0.05) is 18.2 Å². The zero-order chi connectivity index (χ0) is 18.2. The molecule has 0 aliphatic carbocycles. The number of nitrogens with zero attached hydrogens (tertiary/aromatic N) is 1. The second-order valence-electron chi connectivity index (χ2n) is 5.55. The Morgan fingerprint density at radius 1 is 1.12 bits per heavy atom. The molecule has 1 aliphatic rings. The second-order valence-corrected chi connectivity index (χ2v) is 5.55. The van der Waals surface area contributed by atoms with Gasteiger partial charge in [-0.15, -0.1) is 13.2 Å². The highest BCUT2D eigenvalue weighted by atomic mass is 19.4. The predicted molar refractivity (Wildman–Crippen MR) is 79.2 cm³/mol. The summed E-state index contributed by atoms with van der Waals surface area (Å²) in [5.74, 6) is -2.25. The van der Waals surface area contributed by atoms with Gasteiger partial charge < -0.3 is 9.64 Å². The first-order chi connectivity index (χ1) is 11.7. The molecule has 1 aliphatic heterocycles. The van der Waals surface area contributed by atoms with Gasteiger partial charge in [-0.2, -0.15) is 0 Å². The van der Waals surface area contributed by atoms with Crippen LogP contribution in [0.2, 0.25) is 0 Å². The van der Waals surface area contributed by atoms with E-state index in [9.17, 15) is 26.7 Å². The van der Waals surface area contributed by atoms with E-state index in [2.05, 4.69) is 4.74 Å². The van der Waals surface area contributed by atoms with E-state index in [4.69, 9.17) is 0 Å². The maximum absolute atomic E-state index is 13.7. The fourth-order valence-corrected chi connectivity index (χ4v) is 2.76. The van der Waals surface area contributed by atoms with Crippen molar-refractivity contribution in [2.24, 2.45) is 0 Å². The fraction of sp³-hybridized carbons (Fsp3) is 0.235. The highest BCUT2D eigenvalue weighted by Gasteiger charge is 2.31. The molecule has 25 heavy (non-hydrogen) atoms. The smallest absolute Gasteiger partial charge is 0.406 e. The molecule has 1 amide bonds.